The molecular weight excluding hydrogens is 326 g/mol. The number of pyridine rings is 1. The van der Waals surface area contributed by atoms with Gasteiger partial charge in [0.05, 0.1) is 17.0 Å². The summed E-state index contributed by atoms with van der Waals surface area (Å²) in [6.07, 6.45) is 0. The number of nitrogens with one attached hydrogen (secondary N) is 1. The van der Waals surface area contributed by atoms with Gasteiger partial charge in [0, 0.05) is 10.3 Å². The summed E-state index contributed by atoms with van der Waals surface area (Å²) in [4.78, 5) is 22.2. The summed E-state index contributed by atoms with van der Waals surface area (Å²) < 4.78 is 0. The first-order valence-corrected chi connectivity index (χ1v) is 9.06. The third kappa shape index (κ3) is 3.71. The Kier molecular flexibility index (Phi) is 4.63. The molecule has 6 heteroatoms. The van der Waals surface area contributed by atoms with Crippen LogP contribution in [0.15, 0.2) is 35.4 Å². The van der Waals surface area contributed by atoms with E-state index in [9.17, 15) is 4.79 Å². The van der Waals surface area contributed by atoms with Crippen LogP contribution in [0.4, 0.5) is 5.13 Å². The SMILES string of the molecule is Cc1cc2ccccc2nc1SCC(=O)Nc1nc(C)c(C)s1. The summed E-state index contributed by atoms with van der Waals surface area (Å²) in [5.41, 5.74) is 3.00. The number of para-hydroxylation sites is 1. The van der Waals surface area contributed by atoms with Gasteiger partial charge in [-0.25, -0.2) is 9.97 Å². The van der Waals surface area contributed by atoms with E-state index in [1.54, 1.807) is 0 Å². The third-order valence-electron chi connectivity index (χ3n) is 3.48. The Labute approximate surface area is 143 Å². The Balaban J connectivity index is 1.67. The minimum Gasteiger partial charge on any atom is -0.301 e. The van der Waals surface area contributed by atoms with E-state index in [2.05, 4.69) is 21.4 Å². The van der Waals surface area contributed by atoms with Crippen LogP contribution in [-0.2, 0) is 4.79 Å². The van der Waals surface area contributed by atoms with Crippen LogP contribution in [0.3, 0.4) is 0 Å². The minimum atomic E-state index is -0.0573. The van der Waals surface area contributed by atoms with E-state index in [1.807, 2.05) is 45.0 Å². The van der Waals surface area contributed by atoms with E-state index in [-0.39, 0.29) is 5.91 Å². The Morgan fingerprint density at radius 2 is 2.00 bits per heavy atom. The summed E-state index contributed by atoms with van der Waals surface area (Å²) >= 11 is 2.96. The van der Waals surface area contributed by atoms with Gasteiger partial charge in [0.15, 0.2) is 5.13 Å². The highest BCUT2D eigenvalue weighted by Crippen LogP contribution is 2.25. The van der Waals surface area contributed by atoms with E-state index in [1.165, 1.54) is 23.1 Å². The van der Waals surface area contributed by atoms with Gasteiger partial charge in [-0.1, -0.05) is 30.0 Å². The highest BCUT2D eigenvalue weighted by atomic mass is 32.2. The van der Waals surface area contributed by atoms with Crippen LogP contribution < -0.4 is 5.32 Å². The number of carbonyl (C=O) groups is 1. The van der Waals surface area contributed by atoms with Crippen molar-refractivity contribution in [2.24, 2.45) is 0 Å². The Morgan fingerprint density at radius 3 is 2.74 bits per heavy atom. The zero-order valence-corrected chi connectivity index (χ0v) is 14.8. The zero-order valence-electron chi connectivity index (χ0n) is 13.2. The summed E-state index contributed by atoms with van der Waals surface area (Å²) in [5.74, 6) is 0.266. The summed E-state index contributed by atoms with van der Waals surface area (Å²) in [6, 6.07) is 10.1. The number of amides is 1. The molecule has 0 spiro atoms. The standard InChI is InChI=1S/C17H17N3OS2/c1-10-8-13-6-4-5-7-14(13)19-16(10)22-9-15(21)20-17-18-11(2)12(3)23-17/h4-8H,9H2,1-3H3,(H,18,20,21). The fraction of sp³-hybridized carbons (Fsp3) is 0.235. The number of hydrogen-bond acceptors (Lipinski definition) is 5. The van der Waals surface area contributed by atoms with Gasteiger partial charge in [0.1, 0.15) is 5.03 Å². The van der Waals surface area contributed by atoms with E-state index >= 15 is 0 Å². The predicted octanol–water partition coefficient (Wildman–Crippen LogP) is 4.35. The molecule has 0 unspecified atom stereocenters. The second kappa shape index (κ2) is 6.68. The molecule has 0 aliphatic carbocycles. The lowest BCUT2D eigenvalue weighted by Gasteiger charge is -2.07. The average molecular weight is 343 g/mol. The molecule has 0 radical (unpaired) electrons. The summed E-state index contributed by atoms with van der Waals surface area (Å²) in [7, 11) is 0. The maximum Gasteiger partial charge on any atom is 0.236 e. The molecule has 0 aliphatic rings. The molecule has 0 saturated carbocycles. The second-order valence-electron chi connectivity index (χ2n) is 5.30. The number of thioether (sulfide) groups is 1. The third-order valence-corrected chi connectivity index (χ3v) is 5.56. The molecule has 0 atom stereocenters. The highest BCUT2D eigenvalue weighted by molar-refractivity contribution is 8.00. The number of thiazole rings is 1. The number of rotatable bonds is 4. The van der Waals surface area contributed by atoms with Crippen molar-refractivity contribution in [1.29, 1.82) is 0 Å². The van der Waals surface area contributed by atoms with Crippen molar-refractivity contribution < 1.29 is 4.79 Å². The first-order valence-electron chi connectivity index (χ1n) is 7.26. The van der Waals surface area contributed by atoms with Crippen molar-refractivity contribution >= 4 is 45.0 Å². The monoisotopic (exact) mass is 343 g/mol. The molecular formula is C17H17N3OS2. The van der Waals surface area contributed by atoms with Crippen LogP contribution in [0.2, 0.25) is 0 Å². The molecule has 1 N–H and O–H groups in total. The van der Waals surface area contributed by atoms with Crippen molar-refractivity contribution in [2.75, 3.05) is 11.1 Å². The van der Waals surface area contributed by atoms with Crippen LogP contribution in [0.5, 0.6) is 0 Å². The first-order chi connectivity index (χ1) is 11.0. The molecule has 1 amide bonds. The van der Waals surface area contributed by atoms with Crippen LogP contribution in [0.1, 0.15) is 16.1 Å². The van der Waals surface area contributed by atoms with Crippen molar-refractivity contribution in [1.82, 2.24) is 9.97 Å². The summed E-state index contributed by atoms with van der Waals surface area (Å²) in [6.45, 7) is 5.96. The number of aryl methyl sites for hydroxylation is 3. The molecule has 0 bridgehead atoms. The molecule has 1 aromatic carbocycles. The van der Waals surface area contributed by atoms with Gasteiger partial charge in [-0.15, -0.1) is 11.3 Å². The lowest BCUT2D eigenvalue weighted by molar-refractivity contribution is -0.113. The number of carbonyl (C=O) groups excluding carboxylic acids is 1. The van der Waals surface area contributed by atoms with Gasteiger partial charge < -0.3 is 5.32 Å². The molecule has 0 saturated heterocycles. The molecule has 118 valence electrons. The van der Waals surface area contributed by atoms with Crippen LogP contribution in [0.25, 0.3) is 10.9 Å². The molecule has 2 heterocycles. The van der Waals surface area contributed by atoms with Gasteiger partial charge in [0.25, 0.3) is 0 Å². The number of fused-ring (bicyclic) bond motifs is 1. The van der Waals surface area contributed by atoms with Crippen molar-refractivity contribution in [3.63, 3.8) is 0 Å². The number of hydrogen-bond donors (Lipinski definition) is 1. The normalized spacial score (nSPS) is 10.9. The van der Waals surface area contributed by atoms with Gasteiger partial charge in [-0.05, 0) is 38.5 Å². The summed E-state index contributed by atoms with van der Waals surface area (Å²) in [5, 5.41) is 5.52. The Hall–Kier alpha value is -1.92. The van der Waals surface area contributed by atoms with Crippen molar-refractivity contribution in [3.05, 3.63) is 46.5 Å². The maximum atomic E-state index is 12.1. The fourth-order valence-corrected chi connectivity index (χ4v) is 3.79. The smallest absolute Gasteiger partial charge is 0.236 e. The van der Waals surface area contributed by atoms with Gasteiger partial charge in [0.2, 0.25) is 5.91 Å². The molecule has 0 fully saturated rings. The van der Waals surface area contributed by atoms with Crippen molar-refractivity contribution in [3.8, 4) is 0 Å². The van der Waals surface area contributed by atoms with Crippen molar-refractivity contribution in [2.45, 2.75) is 25.8 Å². The Bertz CT molecular complexity index is 854. The van der Waals surface area contributed by atoms with Crippen LogP contribution in [-0.4, -0.2) is 21.6 Å². The molecule has 2 aromatic heterocycles. The first kappa shape index (κ1) is 16.0. The van der Waals surface area contributed by atoms with E-state index in [0.717, 1.165) is 32.1 Å². The molecule has 23 heavy (non-hydrogen) atoms. The number of aromatic nitrogens is 2. The Morgan fingerprint density at radius 1 is 1.22 bits per heavy atom. The van der Waals surface area contributed by atoms with Crippen LogP contribution in [0, 0.1) is 20.8 Å². The number of anilines is 1. The zero-order chi connectivity index (χ0) is 16.4. The topological polar surface area (TPSA) is 54.9 Å². The van der Waals surface area contributed by atoms with Gasteiger partial charge in [-0.2, -0.15) is 0 Å². The maximum absolute atomic E-state index is 12.1. The molecule has 3 aromatic rings. The largest absolute Gasteiger partial charge is 0.301 e. The minimum absolute atomic E-state index is 0.0573. The molecule has 3 rings (SSSR count). The van der Waals surface area contributed by atoms with Gasteiger partial charge in [-0.3, -0.25) is 4.79 Å². The quantitative estimate of drug-likeness (QED) is 0.716. The lowest BCUT2D eigenvalue weighted by Crippen LogP contribution is -2.14. The predicted molar refractivity (Wildman–Crippen MR) is 97.4 cm³/mol. The lowest BCUT2D eigenvalue weighted by atomic mass is 10.2. The van der Waals surface area contributed by atoms with Crippen LogP contribution >= 0.6 is 23.1 Å². The number of nitrogens with zero attached hydrogens (tertiary/aromatic N) is 2. The van der Waals surface area contributed by atoms with E-state index < -0.39 is 0 Å². The molecule has 4 nitrogen and oxygen atoms in total. The second-order valence-corrected chi connectivity index (χ2v) is 7.47. The number of benzene rings is 1. The van der Waals surface area contributed by atoms with Gasteiger partial charge >= 0.3 is 0 Å². The van der Waals surface area contributed by atoms with E-state index in [0.29, 0.717) is 10.9 Å². The fourth-order valence-electron chi connectivity index (χ4n) is 2.17. The van der Waals surface area contributed by atoms with E-state index in [4.69, 9.17) is 0 Å². The molecule has 0 aliphatic heterocycles. The highest BCUT2D eigenvalue weighted by Gasteiger charge is 2.10. The average Bonchev–Trinajstić information content (AvgIpc) is 2.83.